The van der Waals surface area contributed by atoms with E-state index in [1.165, 1.54) is 38.1 Å². The standard InChI is InChI=1S/C63H85N4O32S2.3Na/c1-28-36(73)24-63(62(84)85,98-54(28)47(76)37(74)25-68)99-57-48(77)38(26-69)94-61(53(57)82)96-55-39(27-70)95-59(45(65-30(3)71)56(55)97-60-52(81)51(80)46(75)29(2)93-60)92-22-9-7-5-4-6-8-15-33(72)16-12-21-64-43-44(50(79)49(43)78)66-32-14-10-13-31(23-32)58(83)67-35-19-20-40(100(86,87)88)34-17-11-18-41(42(34)35)101(89,90)91;;;/h10,13-14,17-20,23,28-29,36-39,45-48,51-57,59-61,64,66,68-70,73-77,80-82H,4-9,12,15-16,21-22,24-27H2,1-3H3,(H,65,71)(H,67,83)(H,84,85)(H,86,87,88)(H,89,90,91);;;/q-1;3*+1/p-3/t28?,29?,36?,37-,38?,39?,45?,46?,47-,48?,51?,52?,53?,54?,55?,56?,57?,59?,60?,61?,63?;;;/m1.../s1. The summed E-state index contributed by atoms with van der Waals surface area (Å²) in [7, 11) is -10.5. The topological polar surface area (TPSA) is 584 Å². The van der Waals surface area contributed by atoms with Crippen LogP contribution in [-0.4, -0.2) is 261 Å². The molecule has 0 bridgehead atoms. The number of carboxylic acids is 1. The molecule has 21 atom stereocenters. The molecular weight excluding hydrogens is 1460 g/mol. The first-order valence-electron chi connectivity index (χ1n) is 32.3. The van der Waals surface area contributed by atoms with Crippen molar-refractivity contribution < 1.29 is 233 Å². The normalized spacial score (nSPS) is 30.0. The second-order valence-electron chi connectivity index (χ2n) is 25.1. The number of ketones is 1. The van der Waals surface area contributed by atoms with E-state index in [1.54, 1.807) is 0 Å². The van der Waals surface area contributed by atoms with Crippen molar-refractivity contribution in [3.05, 3.63) is 80.6 Å². The van der Waals surface area contributed by atoms with E-state index in [4.69, 9.17) is 37.9 Å². The molecule has 4 aliphatic rings. The average molecular weight is 1540 g/mol. The van der Waals surface area contributed by atoms with E-state index in [9.17, 15) is 116 Å². The van der Waals surface area contributed by atoms with E-state index in [2.05, 4.69) is 27.3 Å². The number of nitrogens with one attached hydrogen (secondary N) is 4. The Morgan fingerprint density at radius 1 is 0.712 bits per heavy atom. The van der Waals surface area contributed by atoms with Crippen LogP contribution in [0, 0.1) is 12.0 Å². The van der Waals surface area contributed by atoms with Gasteiger partial charge in [0.15, 0.2) is 18.9 Å². The third kappa shape index (κ3) is 21.9. The molecule has 0 radical (unpaired) electrons. The van der Waals surface area contributed by atoms with Gasteiger partial charge in [0.25, 0.3) is 16.8 Å². The van der Waals surface area contributed by atoms with Crippen molar-refractivity contribution in [2.24, 2.45) is 5.92 Å². The second kappa shape index (κ2) is 40.1. The number of rotatable bonds is 34. The SMILES string of the molecule is CC(=O)NC1C(OCCCCCCCCC(=O)CCCNc2c(Nc3cccc(C(=O)Nc4ccc(S(=O)(=O)[O-])c5c[c-]cc(S(=O)(=O)[O-])c45)c3)c(=O)c2=O)OC(CO)C(OC2OC(CO)C(O)C(OC3(C(=O)[O-])CC(O)C(C)C([C@H](O)[C@H](O)CO)O3)C2O)C1OC1OC(C)C(O)C(O)C1O.[Na+].[Na+].[Na+]. The van der Waals surface area contributed by atoms with Gasteiger partial charge in [0.1, 0.15) is 113 Å². The van der Waals surface area contributed by atoms with E-state index in [0.29, 0.717) is 38.5 Å². The maximum Gasteiger partial charge on any atom is 1.00 e. The zero-order valence-electron chi connectivity index (χ0n) is 57.6. The molecule has 4 fully saturated rings. The zero-order valence-corrected chi connectivity index (χ0v) is 65.2. The molecule has 15 N–H and O–H groups in total. The number of aliphatic hydroxyl groups is 11. The van der Waals surface area contributed by atoms with Crippen molar-refractivity contribution >= 4 is 77.3 Å². The summed E-state index contributed by atoms with van der Waals surface area (Å²) in [6, 6.07) is 9.80. The molecule has 0 aromatic heterocycles. The first-order chi connectivity index (χ1) is 47.7. The summed E-state index contributed by atoms with van der Waals surface area (Å²) in [5.74, 6) is -8.14. The number of fused-ring (bicyclic) bond motifs is 1. The van der Waals surface area contributed by atoms with E-state index >= 15 is 0 Å². The van der Waals surface area contributed by atoms with E-state index in [0.717, 1.165) is 31.2 Å². The summed E-state index contributed by atoms with van der Waals surface area (Å²) in [4.78, 5) is 75.8. The zero-order chi connectivity index (χ0) is 74.2. The van der Waals surface area contributed by atoms with E-state index < -0.39 is 224 Å². The smallest absolute Gasteiger partial charge is 0.754 e. The van der Waals surface area contributed by atoms with Crippen LogP contribution in [0.4, 0.5) is 22.7 Å². The molecule has 8 rings (SSSR count). The number of benzene rings is 3. The van der Waals surface area contributed by atoms with Gasteiger partial charge < -0.3 is 134 Å². The number of carboxylic acid groups (broad SMARTS) is 1. The van der Waals surface area contributed by atoms with Gasteiger partial charge in [-0.2, -0.15) is 18.2 Å². The molecule has 41 heteroatoms. The molecule has 562 valence electrons. The molecule has 4 saturated heterocycles. The Bertz CT molecular complexity index is 3860. The van der Waals surface area contributed by atoms with Gasteiger partial charge in [-0.15, -0.1) is 5.39 Å². The first-order valence-corrected chi connectivity index (χ1v) is 35.1. The molecule has 0 saturated carbocycles. The van der Waals surface area contributed by atoms with Crippen LogP contribution in [0.25, 0.3) is 10.8 Å². The van der Waals surface area contributed by atoms with Crippen LogP contribution in [0.1, 0.15) is 95.3 Å². The number of unbranched alkanes of at least 4 members (excludes halogenated alkanes) is 5. The minimum Gasteiger partial charge on any atom is -0.754 e. The van der Waals surface area contributed by atoms with Gasteiger partial charge in [0.05, 0.1) is 48.3 Å². The predicted octanol–water partition coefficient (Wildman–Crippen LogP) is -13.8. The van der Waals surface area contributed by atoms with E-state index in [-0.39, 0.29) is 155 Å². The molecule has 4 aliphatic heterocycles. The fourth-order valence-corrected chi connectivity index (χ4v) is 13.7. The van der Waals surface area contributed by atoms with Crippen LogP contribution in [0.2, 0.25) is 0 Å². The summed E-state index contributed by atoms with van der Waals surface area (Å²) in [6.45, 7) is 0.787. The molecular formula is C63H82N4Na3O32S2-. The third-order valence-corrected chi connectivity index (χ3v) is 19.7. The second-order valence-corrected chi connectivity index (χ2v) is 27.8. The number of anilines is 4. The molecule has 4 aromatic rings. The van der Waals surface area contributed by atoms with Gasteiger partial charge in [-0.1, -0.05) is 50.1 Å². The molecule has 2 amide bonds. The Morgan fingerprint density at radius 3 is 1.96 bits per heavy atom. The first kappa shape index (κ1) is 91.4. The molecule has 4 heterocycles. The number of aliphatic hydroxyl groups excluding tert-OH is 11. The van der Waals surface area contributed by atoms with Crippen LogP contribution in [0.5, 0.6) is 0 Å². The molecule has 0 aliphatic carbocycles. The van der Waals surface area contributed by atoms with Crippen LogP contribution in [0.15, 0.2) is 67.9 Å². The number of amides is 2. The Morgan fingerprint density at radius 2 is 1.33 bits per heavy atom. The molecule has 19 unspecified atom stereocenters. The largest absolute Gasteiger partial charge is 1.00 e. The fraction of sp³-hybridized carbons (Fsp3) is 0.619. The number of Topliss-reactive ketones (excluding diaryl/α,β-unsaturated/α-hetero) is 1. The summed E-state index contributed by atoms with van der Waals surface area (Å²) in [5.41, 5.74) is -2.19. The number of carbonyl (C=O) groups is 4. The van der Waals surface area contributed by atoms with Crippen LogP contribution in [0.3, 0.4) is 0 Å². The van der Waals surface area contributed by atoms with Crippen molar-refractivity contribution in [3.8, 4) is 0 Å². The average Bonchev–Trinajstić information content (AvgIpc) is 0.799. The quantitative estimate of drug-likeness (QED) is 0.00679. The van der Waals surface area contributed by atoms with Gasteiger partial charge in [-0.05, 0) is 55.3 Å². The van der Waals surface area contributed by atoms with Crippen molar-refractivity contribution in [3.63, 3.8) is 0 Å². The monoisotopic (exact) mass is 1540 g/mol. The van der Waals surface area contributed by atoms with Crippen molar-refractivity contribution in [2.45, 2.75) is 217 Å². The number of aliphatic carboxylic acids is 1. The van der Waals surface area contributed by atoms with Crippen LogP contribution >= 0.6 is 0 Å². The number of carbonyl (C=O) groups excluding carboxylic acids is 4. The van der Waals surface area contributed by atoms with Gasteiger partial charge in [0, 0.05) is 67.1 Å². The summed E-state index contributed by atoms with van der Waals surface area (Å²) in [5, 5.41) is 141. The number of hydrogen-bond acceptors (Lipinski definition) is 34. The Hall–Kier alpha value is -3.26. The minimum atomic E-state index is -5.29. The van der Waals surface area contributed by atoms with Crippen molar-refractivity contribution in [1.29, 1.82) is 0 Å². The molecule has 36 nitrogen and oxygen atoms in total. The number of hydrogen-bond donors (Lipinski definition) is 15. The van der Waals surface area contributed by atoms with Gasteiger partial charge in [-0.3, -0.25) is 32.4 Å². The van der Waals surface area contributed by atoms with Crippen molar-refractivity contribution in [1.82, 2.24) is 5.32 Å². The van der Waals surface area contributed by atoms with Gasteiger partial charge >= 0.3 is 88.7 Å². The molecule has 4 aromatic carbocycles. The third-order valence-electron chi connectivity index (χ3n) is 17.9. The summed E-state index contributed by atoms with van der Waals surface area (Å²) in [6.07, 6.45) is -30.0. The molecule has 104 heavy (non-hydrogen) atoms. The van der Waals surface area contributed by atoms with Gasteiger partial charge in [0.2, 0.25) is 11.7 Å². The minimum absolute atomic E-state index is 0. The van der Waals surface area contributed by atoms with Crippen molar-refractivity contribution in [2.75, 3.05) is 48.9 Å². The van der Waals surface area contributed by atoms with Crippen LogP contribution in [-0.2, 0) is 72.5 Å². The maximum atomic E-state index is 13.5. The summed E-state index contributed by atoms with van der Waals surface area (Å²) >= 11 is 0. The molecule has 0 spiro atoms. The van der Waals surface area contributed by atoms with Crippen LogP contribution < -0.4 is 126 Å². The Balaban J connectivity index is 0.00000648. The Kier molecular flexibility index (Phi) is 35.2. The fourth-order valence-electron chi connectivity index (χ4n) is 12.4. The Labute approximate surface area is 662 Å². The van der Waals surface area contributed by atoms with E-state index in [1.807, 2.05) is 0 Å². The summed E-state index contributed by atoms with van der Waals surface area (Å²) < 4.78 is 120. The number of ether oxygens (including phenoxy) is 8. The predicted molar refractivity (Wildman–Crippen MR) is 338 cm³/mol. The van der Waals surface area contributed by atoms with Gasteiger partial charge in [-0.25, -0.2) is 8.42 Å². The maximum absolute atomic E-state index is 13.5.